The van der Waals surface area contributed by atoms with Crippen LogP contribution in [0.15, 0.2) is 23.1 Å². The third-order valence-corrected chi connectivity index (χ3v) is 7.83. The van der Waals surface area contributed by atoms with Gasteiger partial charge in [0.2, 0.25) is 20.0 Å². The van der Waals surface area contributed by atoms with Crippen molar-refractivity contribution in [3.63, 3.8) is 0 Å². The number of likely N-dealkylation sites (tertiary alicyclic amines) is 1. The zero-order valence-corrected chi connectivity index (χ0v) is 20.5. The monoisotopic (exact) mass is 505 g/mol. The Morgan fingerprint density at radius 1 is 1.30 bits per heavy atom. The van der Waals surface area contributed by atoms with Gasteiger partial charge in [0.15, 0.2) is 6.61 Å². The van der Waals surface area contributed by atoms with Crippen molar-refractivity contribution < 1.29 is 36.2 Å². The Morgan fingerprint density at radius 3 is 2.48 bits per heavy atom. The number of carbonyl (C=O) groups is 1. The van der Waals surface area contributed by atoms with E-state index >= 15 is 0 Å². The lowest BCUT2D eigenvalue weighted by Crippen LogP contribution is -2.64. The second-order valence-corrected chi connectivity index (χ2v) is 12.5. The number of sulfonamides is 2. The van der Waals surface area contributed by atoms with E-state index in [-0.39, 0.29) is 24.0 Å². The van der Waals surface area contributed by atoms with Crippen LogP contribution in [-0.2, 0) is 29.6 Å². The fraction of sp³-hybridized carbons (Fsp3) is 0.650. The number of hydrogen-bond acceptors (Lipinski definition) is 8. The van der Waals surface area contributed by atoms with Crippen LogP contribution in [0.2, 0.25) is 0 Å². The Morgan fingerprint density at radius 2 is 1.94 bits per heavy atom. The molecule has 0 bridgehead atoms. The number of ether oxygens (including phenoxy) is 2. The van der Waals surface area contributed by atoms with Gasteiger partial charge in [-0.25, -0.2) is 26.7 Å². The van der Waals surface area contributed by atoms with Gasteiger partial charge in [-0.05, 0) is 56.9 Å². The maximum Gasteiger partial charge on any atom is 0.260 e. The summed E-state index contributed by atoms with van der Waals surface area (Å²) in [7, 11) is -7.33. The van der Waals surface area contributed by atoms with E-state index in [9.17, 15) is 26.7 Å². The highest BCUT2D eigenvalue weighted by Gasteiger charge is 2.49. The average molecular weight is 506 g/mol. The Labute approximate surface area is 194 Å². The van der Waals surface area contributed by atoms with E-state index in [2.05, 4.69) is 4.72 Å². The smallest absolute Gasteiger partial charge is 0.260 e. The molecule has 1 amide bonds. The standard InChI is InChI=1S/C20H31N3O8S2/c1-14-10-15(33(21,28)29)4-5-16(14)30-12-18(24)23-8-6-20(7-9-23)11-17(22-32(3,26)27)19(2,25)13-31-20/h4-5,10,17,22,25H,6-9,11-13H2,1-3H3,(H2,21,28,29)/t17-,19-/m0/s1. The number of piperidine rings is 1. The first-order chi connectivity index (χ1) is 15.1. The van der Waals surface area contributed by atoms with Crippen molar-refractivity contribution in [2.75, 3.05) is 32.6 Å². The summed E-state index contributed by atoms with van der Waals surface area (Å²) in [5.74, 6) is 0.158. The van der Waals surface area contributed by atoms with Crippen LogP contribution in [0.1, 0.15) is 31.7 Å². The van der Waals surface area contributed by atoms with Crippen molar-refractivity contribution in [3.8, 4) is 5.75 Å². The summed E-state index contributed by atoms with van der Waals surface area (Å²) in [5, 5.41) is 15.7. The molecule has 0 unspecified atom stereocenters. The molecular formula is C20H31N3O8S2. The number of nitrogens with two attached hydrogens (primary N) is 1. The van der Waals surface area contributed by atoms with Crippen LogP contribution in [0.4, 0.5) is 0 Å². The average Bonchev–Trinajstić information content (AvgIpc) is 2.69. The minimum absolute atomic E-state index is 0.00889. The minimum atomic E-state index is -3.82. The predicted octanol–water partition coefficient (Wildman–Crippen LogP) is -0.528. The Hall–Kier alpha value is -1.77. The molecule has 2 fully saturated rings. The third kappa shape index (κ3) is 6.43. The van der Waals surface area contributed by atoms with Gasteiger partial charge in [0.1, 0.15) is 11.4 Å². The van der Waals surface area contributed by atoms with Gasteiger partial charge in [-0.3, -0.25) is 4.79 Å². The first kappa shape index (κ1) is 25.8. The molecule has 13 heteroatoms. The molecule has 1 aromatic carbocycles. The number of amides is 1. The molecule has 2 saturated heterocycles. The number of aryl methyl sites for hydroxylation is 1. The molecule has 33 heavy (non-hydrogen) atoms. The number of nitrogens with zero attached hydrogens (tertiary/aromatic N) is 1. The van der Waals surface area contributed by atoms with E-state index in [1.54, 1.807) is 11.8 Å². The molecule has 186 valence electrons. The van der Waals surface area contributed by atoms with Crippen LogP contribution >= 0.6 is 0 Å². The molecule has 3 rings (SSSR count). The van der Waals surface area contributed by atoms with E-state index in [1.165, 1.54) is 25.1 Å². The SMILES string of the molecule is Cc1cc(S(N)(=O)=O)ccc1OCC(=O)N1CCC2(CC1)C[C@H](NS(C)(=O)=O)[C@@](C)(O)CO2. The van der Waals surface area contributed by atoms with Crippen molar-refractivity contribution in [2.24, 2.45) is 5.14 Å². The van der Waals surface area contributed by atoms with E-state index in [0.29, 0.717) is 43.7 Å². The van der Waals surface area contributed by atoms with Gasteiger partial charge in [-0.2, -0.15) is 0 Å². The normalized spacial score (nSPS) is 25.7. The summed E-state index contributed by atoms with van der Waals surface area (Å²) >= 11 is 0. The molecule has 0 radical (unpaired) electrons. The lowest BCUT2D eigenvalue weighted by molar-refractivity contribution is -0.191. The van der Waals surface area contributed by atoms with Crippen LogP contribution in [0.5, 0.6) is 5.75 Å². The van der Waals surface area contributed by atoms with E-state index < -0.39 is 37.3 Å². The minimum Gasteiger partial charge on any atom is -0.483 e. The number of benzene rings is 1. The second kappa shape index (κ2) is 9.12. The highest BCUT2D eigenvalue weighted by atomic mass is 32.2. The fourth-order valence-corrected chi connectivity index (χ4v) is 5.63. The molecule has 2 heterocycles. The Balaban J connectivity index is 1.57. The maximum atomic E-state index is 12.6. The van der Waals surface area contributed by atoms with Gasteiger partial charge in [-0.15, -0.1) is 0 Å². The highest BCUT2D eigenvalue weighted by molar-refractivity contribution is 7.89. The van der Waals surface area contributed by atoms with Crippen molar-refractivity contribution in [3.05, 3.63) is 23.8 Å². The summed E-state index contributed by atoms with van der Waals surface area (Å²) in [6, 6.07) is 3.48. The molecule has 2 atom stereocenters. The molecule has 4 N–H and O–H groups in total. The van der Waals surface area contributed by atoms with E-state index in [1.807, 2.05) is 0 Å². The number of carbonyl (C=O) groups excluding carboxylic acids is 1. The van der Waals surface area contributed by atoms with Crippen molar-refractivity contribution >= 4 is 26.0 Å². The predicted molar refractivity (Wildman–Crippen MR) is 120 cm³/mol. The van der Waals surface area contributed by atoms with Gasteiger partial charge in [0.05, 0.1) is 29.4 Å². The summed E-state index contributed by atoms with van der Waals surface area (Å²) in [4.78, 5) is 14.3. The van der Waals surface area contributed by atoms with Crippen molar-refractivity contribution in [1.82, 2.24) is 9.62 Å². The number of aliphatic hydroxyl groups is 1. The Kier molecular flexibility index (Phi) is 7.14. The van der Waals surface area contributed by atoms with E-state index in [0.717, 1.165) is 6.26 Å². The third-order valence-electron chi connectivity index (χ3n) is 6.21. The quantitative estimate of drug-likeness (QED) is 0.464. The summed E-state index contributed by atoms with van der Waals surface area (Å²) in [6.45, 7) is 3.78. The van der Waals surface area contributed by atoms with Gasteiger partial charge in [-0.1, -0.05) is 0 Å². The van der Waals surface area contributed by atoms with Gasteiger partial charge < -0.3 is 19.5 Å². The molecule has 2 aliphatic heterocycles. The zero-order chi connectivity index (χ0) is 24.7. The van der Waals surface area contributed by atoms with Gasteiger partial charge in [0, 0.05) is 13.1 Å². The molecule has 0 saturated carbocycles. The number of nitrogens with one attached hydrogen (secondary N) is 1. The number of primary sulfonamides is 1. The largest absolute Gasteiger partial charge is 0.483 e. The Bertz CT molecular complexity index is 1110. The molecule has 1 aromatic rings. The summed E-state index contributed by atoms with van der Waals surface area (Å²) in [5.41, 5.74) is -1.41. The van der Waals surface area contributed by atoms with Crippen molar-refractivity contribution in [2.45, 2.75) is 55.2 Å². The first-order valence-electron chi connectivity index (χ1n) is 10.5. The topological polar surface area (TPSA) is 165 Å². The zero-order valence-electron chi connectivity index (χ0n) is 18.9. The van der Waals surface area contributed by atoms with Gasteiger partial charge in [0.25, 0.3) is 5.91 Å². The van der Waals surface area contributed by atoms with Gasteiger partial charge >= 0.3 is 0 Å². The van der Waals surface area contributed by atoms with E-state index in [4.69, 9.17) is 14.6 Å². The van der Waals surface area contributed by atoms with Crippen molar-refractivity contribution in [1.29, 1.82) is 0 Å². The number of hydrogen-bond donors (Lipinski definition) is 3. The molecule has 11 nitrogen and oxygen atoms in total. The summed E-state index contributed by atoms with van der Waals surface area (Å²) < 4.78 is 60.4. The molecule has 0 aliphatic carbocycles. The molecule has 0 aromatic heterocycles. The second-order valence-electron chi connectivity index (χ2n) is 9.12. The highest BCUT2D eigenvalue weighted by Crippen LogP contribution is 2.38. The maximum absolute atomic E-state index is 12.6. The van der Waals surface area contributed by atoms with Crippen LogP contribution < -0.4 is 14.6 Å². The van der Waals surface area contributed by atoms with Crippen LogP contribution in [-0.4, -0.2) is 82.6 Å². The molecular weight excluding hydrogens is 474 g/mol. The lowest BCUT2D eigenvalue weighted by Gasteiger charge is -2.50. The lowest BCUT2D eigenvalue weighted by atomic mass is 9.78. The number of rotatable bonds is 6. The first-order valence-corrected chi connectivity index (χ1v) is 13.9. The molecule has 1 spiro atoms. The fourth-order valence-electron chi connectivity index (χ4n) is 4.18. The van der Waals surface area contributed by atoms with Crippen LogP contribution in [0.25, 0.3) is 0 Å². The van der Waals surface area contributed by atoms with Crippen LogP contribution in [0.3, 0.4) is 0 Å². The molecule has 2 aliphatic rings. The van der Waals surface area contributed by atoms with Crippen LogP contribution in [0, 0.1) is 6.92 Å². The summed E-state index contributed by atoms with van der Waals surface area (Å²) in [6.07, 6.45) is 2.36.